The van der Waals surface area contributed by atoms with Crippen molar-refractivity contribution in [3.8, 4) is 5.75 Å². The van der Waals surface area contributed by atoms with Crippen molar-refractivity contribution in [1.29, 1.82) is 0 Å². The number of esters is 1. The molecule has 0 radical (unpaired) electrons. The van der Waals surface area contributed by atoms with Gasteiger partial charge >= 0.3 is 18.2 Å². The molecule has 0 spiro atoms. The number of halogens is 3. The minimum Gasteiger partial charge on any atom is -0.471 e. The Morgan fingerprint density at radius 3 is 2.28 bits per heavy atom. The standard InChI is InChI=1S/C28H25F3N2O6/c1-27(19-11-7-4-8-12-19)25(35)33(14-13-32-26(36)38-17-18-9-5-3-6-10-18)22-15-20(24(34)37-2)21(28(29,30)31)16-23(22)39-27/h3-12,15-16H,13-14,17H2,1-2H3,(H,32,36)/t27-/m0/s1. The van der Waals surface area contributed by atoms with Gasteiger partial charge in [0.15, 0.2) is 0 Å². The number of rotatable bonds is 7. The van der Waals surface area contributed by atoms with Gasteiger partial charge in [-0.15, -0.1) is 0 Å². The second-order valence-corrected chi connectivity index (χ2v) is 8.80. The Labute approximate surface area is 222 Å². The highest BCUT2D eigenvalue weighted by atomic mass is 19.4. The fourth-order valence-electron chi connectivity index (χ4n) is 4.21. The highest BCUT2D eigenvalue weighted by Crippen LogP contribution is 2.46. The van der Waals surface area contributed by atoms with Gasteiger partial charge in [0.2, 0.25) is 5.60 Å². The molecule has 1 heterocycles. The van der Waals surface area contributed by atoms with Gasteiger partial charge in [0, 0.05) is 18.7 Å². The van der Waals surface area contributed by atoms with Crippen LogP contribution in [0, 0.1) is 0 Å². The Morgan fingerprint density at radius 1 is 1.03 bits per heavy atom. The third-order valence-corrected chi connectivity index (χ3v) is 6.21. The second-order valence-electron chi connectivity index (χ2n) is 8.80. The molecule has 0 unspecified atom stereocenters. The number of nitrogens with zero attached hydrogens (tertiary/aromatic N) is 1. The van der Waals surface area contributed by atoms with Gasteiger partial charge in [-0.1, -0.05) is 60.7 Å². The SMILES string of the molecule is COC(=O)c1cc2c(cc1C(F)(F)F)O[C@@](C)(c1ccccc1)C(=O)N2CCNC(=O)OCc1ccccc1. The van der Waals surface area contributed by atoms with E-state index >= 15 is 0 Å². The molecule has 3 aromatic rings. The predicted octanol–water partition coefficient (Wildman–Crippen LogP) is 5.06. The largest absolute Gasteiger partial charge is 0.471 e. The lowest BCUT2D eigenvalue weighted by atomic mass is 9.91. The fraction of sp³-hybridized carbons (Fsp3) is 0.250. The smallest absolute Gasteiger partial charge is 0.417 e. The van der Waals surface area contributed by atoms with Crippen LogP contribution in [-0.4, -0.2) is 38.2 Å². The van der Waals surface area contributed by atoms with Crippen molar-refractivity contribution < 1.29 is 41.8 Å². The Kier molecular flexibility index (Phi) is 7.80. The number of methoxy groups -OCH3 is 1. The zero-order valence-corrected chi connectivity index (χ0v) is 21.1. The molecule has 0 fully saturated rings. The second kappa shape index (κ2) is 11.1. The minimum atomic E-state index is -4.90. The van der Waals surface area contributed by atoms with Crippen molar-refractivity contribution in [3.05, 3.63) is 95.1 Å². The van der Waals surface area contributed by atoms with Gasteiger partial charge in [0.05, 0.1) is 23.9 Å². The van der Waals surface area contributed by atoms with E-state index in [0.29, 0.717) is 11.6 Å². The Balaban J connectivity index is 1.65. The summed E-state index contributed by atoms with van der Waals surface area (Å²) in [5.74, 6) is -2.08. The quantitative estimate of drug-likeness (QED) is 0.420. The van der Waals surface area contributed by atoms with Crippen molar-refractivity contribution in [1.82, 2.24) is 5.32 Å². The number of benzene rings is 3. The van der Waals surface area contributed by atoms with E-state index in [2.05, 4.69) is 10.1 Å². The summed E-state index contributed by atoms with van der Waals surface area (Å²) in [5.41, 5.74) is -2.60. The van der Waals surface area contributed by atoms with Crippen LogP contribution < -0.4 is 15.0 Å². The zero-order chi connectivity index (χ0) is 28.2. The number of ether oxygens (including phenoxy) is 3. The number of amides is 2. The van der Waals surface area contributed by atoms with Crippen LogP contribution in [0.3, 0.4) is 0 Å². The maximum Gasteiger partial charge on any atom is 0.417 e. The van der Waals surface area contributed by atoms with Gasteiger partial charge in [-0.05, 0) is 24.6 Å². The Morgan fingerprint density at radius 2 is 1.67 bits per heavy atom. The van der Waals surface area contributed by atoms with E-state index in [-0.39, 0.29) is 31.1 Å². The topological polar surface area (TPSA) is 94.2 Å². The Bertz CT molecular complexity index is 1360. The third kappa shape index (κ3) is 5.82. The number of carbonyl (C=O) groups is 3. The summed E-state index contributed by atoms with van der Waals surface area (Å²) in [6.45, 7) is 1.23. The number of anilines is 1. The first kappa shape index (κ1) is 27.5. The van der Waals surface area contributed by atoms with Crippen LogP contribution in [0.4, 0.5) is 23.7 Å². The Hall–Kier alpha value is -4.54. The number of hydrogen-bond donors (Lipinski definition) is 1. The van der Waals surface area contributed by atoms with Gasteiger partial charge in [-0.3, -0.25) is 4.79 Å². The molecule has 39 heavy (non-hydrogen) atoms. The lowest BCUT2D eigenvalue weighted by molar-refractivity contribution is -0.138. The average Bonchev–Trinajstić information content (AvgIpc) is 2.93. The van der Waals surface area contributed by atoms with Gasteiger partial charge in [0.25, 0.3) is 5.91 Å². The predicted molar refractivity (Wildman–Crippen MR) is 134 cm³/mol. The van der Waals surface area contributed by atoms with Crippen molar-refractivity contribution in [2.45, 2.75) is 25.3 Å². The monoisotopic (exact) mass is 542 g/mol. The number of alkyl carbamates (subject to hydrolysis) is 1. The molecular weight excluding hydrogens is 517 g/mol. The first-order valence-corrected chi connectivity index (χ1v) is 11.9. The summed E-state index contributed by atoms with van der Waals surface area (Å²) >= 11 is 0. The highest BCUT2D eigenvalue weighted by Gasteiger charge is 2.48. The molecule has 0 aliphatic carbocycles. The lowest BCUT2D eigenvalue weighted by Crippen LogP contribution is -2.54. The molecular formula is C28H25F3N2O6. The minimum absolute atomic E-state index is 0.0285. The number of carbonyl (C=O) groups excluding carboxylic acids is 3. The maximum atomic E-state index is 13.9. The number of fused-ring (bicyclic) bond motifs is 1. The van der Waals surface area contributed by atoms with Crippen molar-refractivity contribution in [3.63, 3.8) is 0 Å². The summed E-state index contributed by atoms with van der Waals surface area (Å²) in [6.07, 6.45) is -5.64. The molecule has 0 saturated carbocycles. The van der Waals surface area contributed by atoms with E-state index in [1.807, 2.05) is 6.07 Å². The fourth-order valence-corrected chi connectivity index (χ4v) is 4.21. The molecule has 0 saturated heterocycles. The number of nitrogens with one attached hydrogen (secondary N) is 1. The number of hydrogen-bond acceptors (Lipinski definition) is 6. The summed E-state index contributed by atoms with van der Waals surface area (Å²) in [6, 6.07) is 18.9. The van der Waals surface area contributed by atoms with E-state index in [1.165, 1.54) is 11.8 Å². The van der Waals surface area contributed by atoms with Gasteiger partial charge in [0.1, 0.15) is 12.4 Å². The van der Waals surface area contributed by atoms with E-state index in [9.17, 15) is 27.6 Å². The summed E-state index contributed by atoms with van der Waals surface area (Å²) in [7, 11) is 0.957. The van der Waals surface area contributed by atoms with Gasteiger partial charge < -0.3 is 24.4 Å². The first-order chi connectivity index (χ1) is 18.5. The molecule has 4 rings (SSSR count). The van der Waals surface area contributed by atoms with E-state index in [1.54, 1.807) is 54.6 Å². The van der Waals surface area contributed by atoms with Crippen LogP contribution in [-0.2, 0) is 32.7 Å². The normalized spacial score (nSPS) is 16.6. The molecule has 1 aliphatic rings. The van der Waals surface area contributed by atoms with E-state index in [0.717, 1.165) is 18.7 Å². The molecule has 2 amide bonds. The molecule has 8 nitrogen and oxygen atoms in total. The van der Waals surface area contributed by atoms with Crippen molar-refractivity contribution >= 4 is 23.7 Å². The molecule has 1 atom stereocenters. The van der Waals surface area contributed by atoms with Crippen LogP contribution >= 0.6 is 0 Å². The summed E-state index contributed by atoms with van der Waals surface area (Å²) < 4.78 is 57.3. The van der Waals surface area contributed by atoms with Crippen LogP contribution in [0.5, 0.6) is 5.75 Å². The molecule has 204 valence electrons. The zero-order valence-electron chi connectivity index (χ0n) is 21.1. The molecule has 11 heteroatoms. The summed E-state index contributed by atoms with van der Waals surface area (Å²) in [4.78, 5) is 39.4. The maximum absolute atomic E-state index is 13.9. The van der Waals surface area contributed by atoms with E-state index in [4.69, 9.17) is 9.47 Å². The van der Waals surface area contributed by atoms with E-state index < -0.39 is 40.9 Å². The van der Waals surface area contributed by atoms with Crippen LogP contribution in [0.2, 0.25) is 0 Å². The third-order valence-electron chi connectivity index (χ3n) is 6.21. The van der Waals surface area contributed by atoms with Crippen LogP contribution in [0.25, 0.3) is 0 Å². The van der Waals surface area contributed by atoms with Gasteiger partial charge in [-0.2, -0.15) is 13.2 Å². The highest BCUT2D eigenvalue weighted by molar-refractivity contribution is 6.05. The lowest BCUT2D eigenvalue weighted by Gasteiger charge is -2.41. The molecule has 3 aromatic carbocycles. The van der Waals surface area contributed by atoms with Gasteiger partial charge in [-0.25, -0.2) is 9.59 Å². The molecule has 0 bridgehead atoms. The summed E-state index contributed by atoms with van der Waals surface area (Å²) in [5, 5.41) is 2.54. The molecule has 1 aliphatic heterocycles. The first-order valence-electron chi connectivity index (χ1n) is 11.9. The van der Waals surface area contributed by atoms with Crippen molar-refractivity contribution in [2.75, 3.05) is 25.1 Å². The molecule has 1 N–H and O–H groups in total. The number of alkyl halides is 3. The van der Waals surface area contributed by atoms with Crippen LogP contribution in [0.1, 0.15) is 34.0 Å². The molecule has 0 aromatic heterocycles. The van der Waals surface area contributed by atoms with Crippen molar-refractivity contribution in [2.24, 2.45) is 0 Å². The average molecular weight is 543 g/mol. The van der Waals surface area contributed by atoms with Crippen LogP contribution in [0.15, 0.2) is 72.8 Å².